The van der Waals surface area contributed by atoms with Crippen LogP contribution in [0.1, 0.15) is 0 Å². The summed E-state index contributed by atoms with van der Waals surface area (Å²) in [6, 6.07) is -0.555. The first kappa shape index (κ1) is 40.0. The van der Waals surface area contributed by atoms with E-state index in [-0.39, 0.29) is 12.1 Å². The molecule has 0 aliphatic rings. The predicted octanol–water partition coefficient (Wildman–Crippen LogP) is 11.0. The van der Waals surface area contributed by atoms with Crippen molar-refractivity contribution in [3.05, 3.63) is 134 Å². The van der Waals surface area contributed by atoms with Crippen molar-refractivity contribution >= 4 is 44.9 Å². The van der Waals surface area contributed by atoms with Gasteiger partial charge in [-0.25, -0.2) is 83.4 Å². The van der Waals surface area contributed by atoms with Crippen molar-refractivity contribution in [3.63, 3.8) is 0 Å². The highest BCUT2D eigenvalue weighted by molar-refractivity contribution is 6.66. The molecular formula is C34H2BF21O2. The van der Waals surface area contributed by atoms with Crippen LogP contribution in [0.4, 0.5) is 92.2 Å². The minimum absolute atomic E-state index is 0.269. The van der Waals surface area contributed by atoms with Crippen molar-refractivity contribution in [2.75, 3.05) is 0 Å². The molecule has 300 valence electrons. The van der Waals surface area contributed by atoms with E-state index < -0.39 is 190 Å². The van der Waals surface area contributed by atoms with Gasteiger partial charge in [0.2, 0.25) is 17.5 Å². The summed E-state index contributed by atoms with van der Waals surface area (Å²) >= 11 is 0. The Balaban J connectivity index is 1.69. The fourth-order valence-electron chi connectivity index (χ4n) is 6.13. The summed E-state index contributed by atoms with van der Waals surface area (Å²) in [6.45, 7) is 0. The number of hydrogen-bond donors (Lipinski definition) is 0. The van der Waals surface area contributed by atoms with Gasteiger partial charge in [0.05, 0.1) is 32.7 Å². The molecule has 0 N–H and O–H groups in total. The lowest BCUT2D eigenvalue weighted by molar-refractivity contribution is 0.360. The maximum atomic E-state index is 16.2. The van der Waals surface area contributed by atoms with Crippen molar-refractivity contribution in [1.29, 1.82) is 0 Å². The minimum atomic E-state index is -4.01. The molecule has 0 saturated heterocycles. The van der Waals surface area contributed by atoms with Crippen LogP contribution in [-0.2, 0) is 0 Å². The fourth-order valence-corrected chi connectivity index (χ4v) is 6.13. The van der Waals surface area contributed by atoms with Gasteiger partial charge in [0.25, 0.3) is 0 Å². The van der Waals surface area contributed by atoms with Crippen molar-refractivity contribution in [2.45, 2.75) is 0 Å². The summed E-state index contributed by atoms with van der Waals surface area (Å²) in [5.41, 5.74) is -7.99. The van der Waals surface area contributed by atoms with E-state index >= 15 is 35.1 Å². The second-order valence-electron chi connectivity index (χ2n) is 11.7. The Morgan fingerprint density at radius 2 is 0.655 bits per heavy atom. The second kappa shape index (κ2) is 13.4. The number of halogens is 21. The van der Waals surface area contributed by atoms with Crippen LogP contribution in [0, 0.1) is 122 Å². The van der Waals surface area contributed by atoms with Crippen LogP contribution in [0.3, 0.4) is 0 Å². The molecule has 0 radical (unpaired) electrons. The van der Waals surface area contributed by atoms with Crippen molar-refractivity contribution in [1.82, 2.24) is 0 Å². The molecule has 7 aromatic carbocycles. The largest absolute Gasteiger partial charge is 0.636 e. The summed E-state index contributed by atoms with van der Waals surface area (Å²) in [5, 5.41) is -12.7. The number of hydrogen-bond acceptors (Lipinski definition) is 2. The molecular weight excluding hydrogens is 850 g/mol. The Hall–Kier alpha value is -6.23. The smallest absolute Gasteiger partial charge is 0.520 e. The molecule has 2 nitrogen and oxygen atoms in total. The summed E-state index contributed by atoms with van der Waals surface area (Å²) < 4.78 is 324. The van der Waals surface area contributed by atoms with E-state index in [1.807, 2.05) is 0 Å². The molecule has 24 heteroatoms. The van der Waals surface area contributed by atoms with E-state index in [4.69, 9.17) is 0 Å². The molecule has 0 spiro atoms. The third-order valence-electron chi connectivity index (χ3n) is 8.59. The van der Waals surface area contributed by atoms with Crippen molar-refractivity contribution in [3.8, 4) is 22.6 Å². The fraction of sp³-hybridized carbons (Fsp3) is 0. The first-order valence-corrected chi connectivity index (χ1v) is 14.8. The van der Waals surface area contributed by atoms with E-state index in [1.165, 1.54) is 0 Å². The van der Waals surface area contributed by atoms with E-state index in [0.29, 0.717) is 0 Å². The SMILES string of the molecule is Fc1cc(F)c(F)c(OB(Oc2c(F)c(F)c(F)c(F)c2-c2c(F)c(F)c(F)c(F)c2F)c2c(F)c(F)c3c(F)c(F)c4c(F)c(F)c(F)c5c(F)c(F)c2c3c45)c1. The molecule has 7 rings (SSSR count). The topological polar surface area (TPSA) is 18.5 Å². The quantitative estimate of drug-likeness (QED) is 0.0546. The van der Waals surface area contributed by atoms with E-state index in [9.17, 15) is 57.1 Å². The normalized spacial score (nSPS) is 11.9. The van der Waals surface area contributed by atoms with Gasteiger partial charge in [-0.1, -0.05) is 0 Å². The van der Waals surface area contributed by atoms with Crippen LogP contribution in [-0.4, -0.2) is 7.12 Å². The van der Waals surface area contributed by atoms with Crippen LogP contribution in [0.15, 0.2) is 12.1 Å². The van der Waals surface area contributed by atoms with Gasteiger partial charge in [-0.2, -0.15) is 8.78 Å². The first-order chi connectivity index (χ1) is 27.1. The molecule has 0 fully saturated rings. The molecule has 0 atom stereocenters. The molecule has 0 unspecified atom stereocenters. The minimum Gasteiger partial charge on any atom is -0.520 e. The van der Waals surface area contributed by atoms with Crippen LogP contribution in [0.5, 0.6) is 11.5 Å². The average molecular weight is 852 g/mol. The molecule has 58 heavy (non-hydrogen) atoms. The summed E-state index contributed by atoms with van der Waals surface area (Å²) in [6.07, 6.45) is 0. The number of benzene rings is 7. The van der Waals surface area contributed by atoms with Gasteiger partial charge in [-0.15, -0.1) is 0 Å². The first-order valence-electron chi connectivity index (χ1n) is 14.8. The van der Waals surface area contributed by atoms with Gasteiger partial charge in [-0.3, -0.25) is 0 Å². The van der Waals surface area contributed by atoms with Gasteiger partial charge in [0.15, 0.2) is 105 Å². The van der Waals surface area contributed by atoms with E-state index in [1.54, 1.807) is 0 Å². The molecule has 7 aromatic rings. The van der Waals surface area contributed by atoms with Gasteiger partial charge in [-0.05, 0) is 0 Å². The van der Waals surface area contributed by atoms with E-state index in [0.717, 1.165) is 0 Å². The highest BCUT2D eigenvalue weighted by atomic mass is 19.2. The lowest BCUT2D eigenvalue weighted by Crippen LogP contribution is -2.46. The van der Waals surface area contributed by atoms with Gasteiger partial charge < -0.3 is 9.31 Å². The van der Waals surface area contributed by atoms with Gasteiger partial charge in [0.1, 0.15) is 11.6 Å². The van der Waals surface area contributed by atoms with Gasteiger partial charge >= 0.3 is 7.12 Å². The maximum Gasteiger partial charge on any atom is 0.636 e. The van der Waals surface area contributed by atoms with Gasteiger partial charge in [0, 0.05) is 28.3 Å². The molecule has 0 aliphatic heterocycles. The standard InChI is InChI=1S/C34H2BF21O2/c36-3-1-4(37)15(38)5(2-3)57-35(58-34-13(25(48)30(53)32(55)33(34)56)12-23(46)28(51)31(54)29(52)24(12)47)14-8-6-7-10(17(40)16(8)39)21(44)27(50)22(45)11(7)19(42)18(41)9(6)20(43)26(14)49/h1-2H. The molecule has 0 bridgehead atoms. The summed E-state index contributed by atoms with van der Waals surface area (Å²) in [4.78, 5) is 0. The Kier molecular flexibility index (Phi) is 9.26. The average Bonchev–Trinajstić information content (AvgIpc) is 3.18. The molecule has 0 heterocycles. The van der Waals surface area contributed by atoms with E-state index in [2.05, 4.69) is 9.31 Å². The zero-order valence-electron chi connectivity index (χ0n) is 26.5. The summed E-state index contributed by atoms with van der Waals surface area (Å²) in [5.74, 6) is -65.2. The lowest BCUT2D eigenvalue weighted by atomic mass is 9.72. The maximum absolute atomic E-state index is 16.2. The Bertz CT molecular complexity index is 2940. The summed E-state index contributed by atoms with van der Waals surface area (Å²) in [7, 11) is -4.01. The Labute approximate surface area is 303 Å². The van der Waals surface area contributed by atoms with Crippen LogP contribution < -0.4 is 14.8 Å². The number of rotatable bonds is 6. The molecule has 0 aliphatic carbocycles. The van der Waals surface area contributed by atoms with Crippen LogP contribution in [0.2, 0.25) is 0 Å². The monoisotopic (exact) mass is 852 g/mol. The zero-order chi connectivity index (χ0) is 42.9. The molecule has 0 saturated carbocycles. The second-order valence-corrected chi connectivity index (χ2v) is 11.7. The zero-order valence-corrected chi connectivity index (χ0v) is 26.5. The van der Waals surface area contributed by atoms with Crippen molar-refractivity contribution in [2.24, 2.45) is 0 Å². The highest BCUT2D eigenvalue weighted by Crippen LogP contribution is 2.46. The third kappa shape index (κ3) is 5.28. The Morgan fingerprint density at radius 1 is 0.293 bits per heavy atom. The molecule has 0 amide bonds. The van der Waals surface area contributed by atoms with Crippen molar-refractivity contribution < 1.29 is 102 Å². The predicted molar refractivity (Wildman–Crippen MR) is 154 cm³/mol. The van der Waals surface area contributed by atoms with Crippen LogP contribution >= 0.6 is 0 Å². The third-order valence-corrected chi connectivity index (χ3v) is 8.59. The van der Waals surface area contributed by atoms with Crippen LogP contribution in [0.25, 0.3) is 43.4 Å². The lowest BCUT2D eigenvalue weighted by Gasteiger charge is -2.24. The highest BCUT2D eigenvalue weighted by Gasteiger charge is 2.44. The molecule has 0 aromatic heterocycles. The Morgan fingerprint density at radius 3 is 1.16 bits per heavy atom.